The number of nitrogens with one attached hydrogen (secondary N) is 1. The Morgan fingerprint density at radius 3 is 2.61 bits per heavy atom. The van der Waals surface area contributed by atoms with Crippen molar-refractivity contribution >= 4 is 17.3 Å². The molecule has 0 spiro atoms. The molecule has 0 bridgehead atoms. The van der Waals surface area contributed by atoms with E-state index in [1.807, 2.05) is 4.90 Å². The predicted molar refractivity (Wildman–Crippen MR) is 109 cm³/mol. The van der Waals surface area contributed by atoms with Gasteiger partial charge in [-0.1, -0.05) is 6.92 Å². The Hall–Kier alpha value is -2.36. The molecule has 172 valence electrons. The normalized spacial score (nSPS) is 25.3. The minimum absolute atomic E-state index is 0.0395. The van der Waals surface area contributed by atoms with Crippen molar-refractivity contribution in [2.45, 2.75) is 57.2 Å². The van der Waals surface area contributed by atoms with Crippen molar-refractivity contribution in [3.8, 4) is 0 Å². The summed E-state index contributed by atoms with van der Waals surface area (Å²) in [5, 5.41) is 24.4. The van der Waals surface area contributed by atoms with Crippen molar-refractivity contribution in [3.63, 3.8) is 0 Å². The predicted octanol–water partition coefficient (Wildman–Crippen LogP) is 4.04. The van der Waals surface area contributed by atoms with Gasteiger partial charge in [-0.2, -0.15) is 13.2 Å². The molecule has 1 aliphatic heterocycles. The molecule has 1 heterocycles. The summed E-state index contributed by atoms with van der Waals surface area (Å²) in [5.74, 6) is -1.69. The van der Waals surface area contributed by atoms with E-state index in [1.54, 1.807) is 0 Å². The van der Waals surface area contributed by atoms with Crippen molar-refractivity contribution in [1.29, 1.82) is 0 Å². The lowest BCUT2D eigenvalue weighted by molar-refractivity contribution is -0.384. The summed E-state index contributed by atoms with van der Waals surface area (Å²) < 4.78 is 39.3. The molecule has 1 aromatic rings. The third-order valence-electron chi connectivity index (χ3n) is 6.42. The molecule has 1 saturated carbocycles. The topological polar surface area (TPSA) is 95.7 Å². The number of alkyl halides is 3. The van der Waals surface area contributed by atoms with E-state index in [0.717, 1.165) is 12.8 Å². The molecule has 7 nitrogen and oxygen atoms in total. The molecule has 1 saturated heterocycles. The highest BCUT2D eigenvalue weighted by Gasteiger charge is 2.47. The van der Waals surface area contributed by atoms with Crippen molar-refractivity contribution in [2.75, 3.05) is 24.5 Å². The van der Waals surface area contributed by atoms with Crippen LogP contribution >= 0.6 is 0 Å². The van der Waals surface area contributed by atoms with Crippen LogP contribution in [0.2, 0.25) is 0 Å². The van der Waals surface area contributed by atoms with Crippen LogP contribution in [0, 0.1) is 22.0 Å². The molecule has 2 fully saturated rings. The van der Waals surface area contributed by atoms with E-state index in [0.29, 0.717) is 24.7 Å². The van der Waals surface area contributed by atoms with Crippen LogP contribution in [-0.2, 0) is 0 Å². The number of rotatable bonds is 5. The monoisotopic (exact) mass is 443 g/mol. The fraction of sp³-hybridized carbons (Fsp3) is 0.667. The smallest absolute Gasteiger partial charge is 0.388 e. The highest BCUT2D eigenvalue weighted by Crippen LogP contribution is 2.41. The average Bonchev–Trinajstić information content (AvgIpc) is 2.71. The molecule has 0 radical (unpaired) electrons. The number of carbonyl (C=O) groups is 1. The Kier molecular flexibility index (Phi) is 6.78. The van der Waals surface area contributed by atoms with Gasteiger partial charge in [-0.25, -0.2) is 0 Å². The van der Waals surface area contributed by atoms with Crippen LogP contribution in [0.4, 0.5) is 24.5 Å². The van der Waals surface area contributed by atoms with Gasteiger partial charge in [-0.15, -0.1) is 0 Å². The fourth-order valence-electron chi connectivity index (χ4n) is 4.46. The maximum atomic E-state index is 13.1. The summed E-state index contributed by atoms with van der Waals surface area (Å²) in [5.41, 5.74) is -1.25. The molecule has 10 heteroatoms. The molecule has 2 atom stereocenters. The van der Waals surface area contributed by atoms with Gasteiger partial charge in [0.15, 0.2) is 0 Å². The molecule has 31 heavy (non-hydrogen) atoms. The number of nitro benzene ring substituents is 1. The summed E-state index contributed by atoms with van der Waals surface area (Å²) in [4.78, 5) is 25.5. The van der Waals surface area contributed by atoms with Crippen LogP contribution in [0.1, 0.15) is 55.8 Å². The number of hydrogen-bond acceptors (Lipinski definition) is 5. The summed E-state index contributed by atoms with van der Waals surface area (Å²) >= 11 is 0. The van der Waals surface area contributed by atoms with Gasteiger partial charge in [0, 0.05) is 31.8 Å². The van der Waals surface area contributed by atoms with E-state index in [1.165, 1.54) is 18.2 Å². The van der Waals surface area contributed by atoms with Crippen LogP contribution in [-0.4, -0.2) is 47.3 Å². The second kappa shape index (κ2) is 9.02. The lowest BCUT2D eigenvalue weighted by Crippen LogP contribution is -2.48. The number of halogens is 3. The maximum absolute atomic E-state index is 13.1. The Morgan fingerprint density at radius 2 is 2.00 bits per heavy atom. The largest absolute Gasteiger partial charge is 0.391 e. The van der Waals surface area contributed by atoms with E-state index in [9.17, 15) is 33.2 Å². The average molecular weight is 443 g/mol. The Bertz CT molecular complexity index is 825. The van der Waals surface area contributed by atoms with Gasteiger partial charge in [0.25, 0.3) is 11.6 Å². The van der Waals surface area contributed by atoms with E-state index in [4.69, 9.17) is 0 Å². The first kappa shape index (κ1) is 23.3. The van der Waals surface area contributed by atoms with E-state index >= 15 is 0 Å². The number of benzene rings is 1. The van der Waals surface area contributed by atoms with Crippen molar-refractivity contribution < 1.29 is 28.0 Å². The Balaban J connectivity index is 1.76. The zero-order valence-electron chi connectivity index (χ0n) is 17.5. The zero-order chi connectivity index (χ0) is 22.8. The first-order valence-corrected chi connectivity index (χ1v) is 10.6. The van der Waals surface area contributed by atoms with Crippen LogP contribution in [0.15, 0.2) is 18.2 Å². The second-order valence-corrected chi connectivity index (χ2v) is 8.87. The molecule has 2 N–H and O–H groups in total. The van der Waals surface area contributed by atoms with Crippen LogP contribution in [0.25, 0.3) is 0 Å². The summed E-state index contributed by atoms with van der Waals surface area (Å²) in [6.45, 7) is 3.21. The van der Waals surface area contributed by atoms with Gasteiger partial charge in [0.2, 0.25) is 0 Å². The zero-order valence-corrected chi connectivity index (χ0v) is 17.5. The highest BCUT2D eigenvalue weighted by atomic mass is 19.4. The highest BCUT2D eigenvalue weighted by molar-refractivity contribution is 6.00. The number of aliphatic hydroxyl groups is 1. The number of nitro groups is 1. The number of piperidine rings is 1. The number of non-ortho nitro benzene ring substituents is 1. The molecular weight excluding hydrogens is 415 g/mol. The number of hydrogen-bond donors (Lipinski definition) is 2. The minimum atomic E-state index is -4.39. The molecular formula is C21H28F3N3O4. The number of amides is 1. The van der Waals surface area contributed by atoms with E-state index in [-0.39, 0.29) is 37.1 Å². The molecule has 1 amide bonds. The Morgan fingerprint density at radius 1 is 1.32 bits per heavy atom. The molecule has 2 aliphatic rings. The quantitative estimate of drug-likeness (QED) is 0.529. The summed E-state index contributed by atoms with van der Waals surface area (Å²) in [7, 11) is 0. The lowest BCUT2D eigenvalue weighted by Gasteiger charge is -2.37. The van der Waals surface area contributed by atoms with E-state index < -0.39 is 34.9 Å². The maximum Gasteiger partial charge on any atom is 0.391 e. The second-order valence-electron chi connectivity index (χ2n) is 8.87. The van der Waals surface area contributed by atoms with Crippen LogP contribution < -0.4 is 10.2 Å². The minimum Gasteiger partial charge on any atom is -0.388 e. The van der Waals surface area contributed by atoms with Gasteiger partial charge >= 0.3 is 6.18 Å². The van der Waals surface area contributed by atoms with Crippen molar-refractivity contribution in [3.05, 3.63) is 33.9 Å². The third kappa shape index (κ3) is 5.66. The van der Waals surface area contributed by atoms with Gasteiger partial charge < -0.3 is 15.3 Å². The van der Waals surface area contributed by atoms with Gasteiger partial charge in [0.1, 0.15) is 0 Å². The summed E-state index contributed by atoms with van der Waals surface area (Å²) in [6, 6.07) is 4.07. The standard InChI is InChI=1S/C21H28F3N3O4/c1-14-6-9-26(10-7-14)18-5-4-16(27(30)31)11-17(18)19(28)25-13-20(29)8-2-3-15(12-20)21(22,23)24/h4-5,11,14-15,29H,2-3,6-10,12-13H2,1H3,(H,25,28)/t15-,20+/m1/s1. The SMILES string of the molecule is CC1CCN(c2ccc([N+](=O)[O-])cc2C(=O)NC[C@]2(O)CCC[C@@H](C(F)(F)F)C2)CC1. The molecule has 3 rings (SSSR count). The van der Waals surface area contributed by atoms with Crippen LogP contribution in [0.5, 0.6) is 0 Å². The number of carbonyl (C=O) groups excluding carboxylic acids is 1. The first-order chi connectivity index (χ1) is 14.5. The fourth-order valence-corrected chi connectivity index (χ4v) is 4.46. The molecule has 0 unspecified atom stereocenters. The number of nitrogens with zero attached hydrogens (tertiary/aromatic N) is 2. The Labute approximate surface area is 178 Å². The molecule has 0 aromatic heterocycles. The molecule has 1 aliphatic carbocycles. The van der Waals surface area contributed by atoms with Gasteiger partial charge in [-0.3, -0.25) is 14.9 Å². The lowest BCUT2D eigenvalue weighted by atomic mass is 9.77. The van der Waals surface area contributed by atoms with Gasteiger partial charge in [0.05, 0.1) is 27.7 Å². The van der Waals surface area contributed by atoms with Gasteiger partial charge in [-0.05, 0) is 50.5 Å². The first-order valence-electron chi connectivity index (χ1n) is 10.6. The van der Waals surface area contributed by atoms with Crippen LogP contribution in [0.3, 0.4) is 0 Å². The number of anilines is 1. The molecule has 1 aromatic carbocycles. The van der Waals surface area contributed by atoms with Crippen molar-refractivity contribution in [2.24, 2.45) is 11.8 Å². The van der Waals surface area contributed by atoms with Crippen molar-refractivity contribution in [1.82, 2.24) is 5.32 Å². The van der Waals surface area contributed by atoms with E-state index in [2.05, 4.69) is 12.2 Å². The third-order valence-corrected chi connectivity index (χ3v) is 6.42. The summed E-state index contributed by atoms with van der Waals surface area (Å²) in [6.07, 6.45) is -2.68.